The first-order chi connectivity index (χ1) is 12.9. The Balaban J connectivity index is 2.06. The molecule has 0 spiro atoms. The molecule has 0 saturated heterocycles. The van der Waals surface area contributed by atoms with Crippen molar-refractivity contribution in [2.45, 2.75) is 26.7 Å². The maximum Gasteiger partial charge on any atom is 0.219 e. The van der Waals surface area contributed by atoms with E-state index < -0.39 is 0 Å². The van der Waals surface area contributed by atoms with Crippen LogP contribution in [0.15, 0.2) is 47.0 Å². The maximum atomic E-state index is 14.7. The lowest BCUT2D eigenvalue weighted by molar-refractivity contribution is -0.661. The summed E-state index contributed by atoms with van der Waals surface area (Å²) >= 11 is 0. The average Bonchev–Trinajstić information content (AvgIpc) is 3.00. The molecule has 0 saturated carbocycles. The second-order valence-electron chi connectivity index (χ2n) is 7.26. The number of hydrogen-bond acceptors (Lipinski definition) is 1. The molecule has 0 bridgehead atoms. The zero-order valence-corrected chi connectivity index (χ0v) is 15.8. The van der Waals surface area contributed by atoms with E-state index in [1.165, 1.54) is 0 Å². The number of benzene rings is 2. The molecule has 2 aromatic heterocycles. The number of fused-ring (bicyclic) bond motifs is 3. The van der Waals surface area contributed by atoms with Gasteiger partial charge in [-0.05, 0) is 24.5 Å². The van der Waals surface area contributed by atoms with E-state index in [1.807, 2.05) is 56.8 Å². The van der Waals surface area contributed by atoms with Crippen LogP contribution in [0.5, 0.6) is 0 Å². The third-order valence-corrected chi connectivity index (χ3v) is 5.09. The van der Waals surface area contributed by atoms with Gasteiger partial charge in [-0.1, -0.05) is 38.1 Å². The van der Waals surface area contributed by atoms with Gasteiger partial charge in [0.25, 0.3) is 0 Å². The molecule has 0 radical (unpaired) electrons. The Morgan fingerprint density at radius 3 is 2.56 bits per heavy atom. The molecule has 0 amide bonds. The number of furan rings is 1. The first kappa shape index (κ1) is 17.2. The largest absolute Gasteiger partial charge is 0.456 e. The molecule has 0 aliphatic heterocycles. The van der Waals surface area contributed by atoms with Crippen LogP contribution in [0.25, 0.3) is 38.0 Å². The summed E-state index contributed by atoms with van der Waals surface area (Å²) in [6.45, 7) is 13.2. The van der Waals surface area contributed by atoms with Gasteiger partial charge in [-0.3, -0.25) is 0 Å². The van der Waals surface area contributed by atoms with Crippen LogP contribution in [0.2, 0.25) is 0 Å². The summed E-state index contributed by atoms with van der Waals surface area (Å²) in [7, 11) is 1.93. The number of aryl methyl sites for hydroxylation is 2. The van der Waals surface area contributed by atoms with Crippen molar-refractivity contribution in [3.8, 4) is 11.3 Å². The molecule has 3 nitrogen and oxygen atoms in total. The maximum absolute atomic E-state index is 14.7. The highest BCUT2D eigenvalue weighted by Gasteiger charge is 2.23. The van der Waals surface area contributed by atoms with Gasteiger partial charge in [0, 0.05) is 16.8 Å². The van der Waals surface area contributed by atoms with Crippen molar-refractivity contribution < 1.29 is 13.4 Å². The van der Waals surface area contributed by atoms with Gasteiger partial charge >= 0.3 is 0 Å². The summed E-state index contributed by atoms with van der Waals surface area (Å²) in [5.41, 5.74) is 5.29. The summed E-state index contributed by atoms with van der Waals surface area (Å²) in [4.78, 5) is 3.48. The summed E-state index contributed by atoms with van der Waals surface area (Å²) in [6.07, 6.45) is 1.85. The molecule has 2 heterocycles. The molecule has 0 aliphatic carbocycles. The van der Waals surface area contributed by atoms with Gasteiger partial charge in [0.2, 0.25) is 5.69 Å². The summed E-state index contributed by atoms with van der Waals surface area (Å²) in [5.74, 6) is -0.0960. The Morgan fingerprint density at radius 1 is 1.11 bits per heavy atom. The fourth-order valence-electron chi connectivity index (χ4n) is 3.63. The molecule has 27 heavy (non-hydrogen) atoms. The summed E-state index contributed by atoms with van der Waals surface area (Å²) < 4.78 is 22.8. The van der Waals surface area contributed by atoms with Crippen LogP contribution in [0.1, 0.15) is 30.9 Å². The fraction of sp³-hybridized carbons (Fsp3) is 0.217. The Bertz CT molecular complexity index is 1250. The highest BCUT2D eigenvalue weighted by Crippen LogP contribution is 2.38. The Labute approximate surface area is 157 Å². The molecule has 2 aromatic carbocycles. The van der Waals surface area contributed by atoms with Crippen molar-refractivity contribution in [2.24, 2.45) is 7.05 Å². The third-order valence-electron chi connectivity index (χ3n) is 5.09. The topological polar surface area (TPSA) is 21.4 Å². The third kappa shape index (κ3) is 2.67. The predicted molar refractivity (Wildman–Crippen MR) is 105 cm³/mol. The number of rotatable bonds is 2. The van der Waals surface area contributed by atoms with E-state index in [4.69, 9.17) is 11.0 Å². The second-order valence-corrected chi connectivity index (χ2v) is 7.26. The van der Waals surface area contributed by atoms with Crippen molar-refractivity contribution in [3.63, 3.8) is 0 Å². The van der Waals surface area contributed by atoms with Crippen molar-refractivity contribution in [1.29, 1.82) is 0 Å². The number of halogens is 1. The second kappa shape index (κ2) is 6.21. The van der Waals surface area contributed by atoms with E-state index in [0.717, 1.165) is 33.2 Å². The first-order valence-corrected chi connectivity index (χ1v) is 8.93. The van der Waals surface area contributed by atoms with Crippen LogP contribution >= 0.6 is 0 Å². The highest BCUT2D eigenvalue weighted by atomic mass is 19.1. The van der Waals surface area contributed by atoms with Gasteiger partial charge in [0.1, 0.15) is 24.0 Å². The molecular formula is C23H20FN2O+. The number of aromatic nitrogens is 1. The number of nitrogens with zero attached hydrogens (tertiary/aromatic N) is 2. The van der Waals surface area contributed by atoms with Gasteiger partial charge in [-0.15, -0.1) is 0 Å². The van der Waals surface area contributed by atoms with Crippen molar-refractivity contribution in [3.05, 3.63) is 71.0 Å². The first-order valence-electron chi connectivity index (χ1n) is 8.93. The lowest BCUT2D eigenvalue weighted by Gasteiger charge is -2.09. The molecule has 4 rings (SSSR count). The highest BCUT2D eigenvalue weighted by molar-refractivity contribution is 6.10. The molecule has 0 atom stereocenters. The van der Waals surface area contributed by atoms with Crippen molar-refractivity contribution >= 4 is 27.6 Å². The van der Waals surface area contributed by atoms with Crippen LogP contribution < -0.4 is 4.57 Å². The minimum atomic E-state index is -0.207. The number of pyridine rings is 1. The van der Waals surface area contributed by atoms with Gasteiger partial charge in [-0.25, -0.2) is 13.8 Å². The van der Waals surface area contributed by atoms with E-state index in [9.17, 15) is 4.39 Å². The number of hydrogen-bond donors (Lipinski definition) is 0. The van der Waals surface area contributed by atoms with Crippen LogP contribution in [0.4, 0.5) is 10.1 Å². The zero-order chi connectivity index (χ0) is 19.3. The molecule has 4 aromatic rings. The Kier molecular flexibility index (Phi) is 3.96. The van der Waals surface area contributed by atoms with Crippen LogP contribution in [-0.4, -0.2) is 0 Å². The average molecular weight is 359 g/mol. The van der Waals surface area contributed by atoms with Crippen LogP contribution in [0.3, 0.4) is 0 Å². The fourth-order valence-corrected chi connectivity index (χ4v) is 3.63. The summed E-state index contributed by atoms with van der Waals surface area (Å²) in [5, 5.41) is 1.93. The smallest absolute Gasteiger partial charge is 0.219 e. The molecule has 0 unspecified atom stereocenters. The van der Waals surface area contributed by atoms with Gasteiger partial charge in [0.15, 0.2) is 11.9 Å². The zero-order valence-electron chi connectivity index (χ0n) is 15.8. The van der Waals surface area contributed by atoms with Gasteiger partial charge in [-0.2, -0.15) is 0 Å². The molecular weight excluding hydrogens is 339 g/mol. The van der Waals surface area contributed by atoms with Crippen LogP contribution in [0, 0.1) is 19.3 Å². The molecule has 0 aliphatic rings. The Hall–Kier alpha value is -3.19. The van der Waals surface area contributed by atoms with Crippen molar-refractivity contribution in [1.82, 2.24) is 0 Å². The molecule has 134 valence electrons. The lowest BCUT2D eigenvalue weighted by atomic mass is 9.98. The summed E-state index contributed by atoms with van der Waals surface area (Å²) in [6, 6.07) is 11.1. The van der Waals surface area contributed by atoms with E-state index in [1.54, 1.807) is 18.2 Å². The van der Waals surface area contributed by atoms with E-state index >= 15 is 0 Å². The lowest BCUT2D eigenvalue weighted by Crippen LogP contribution is -2.32. The molecule has 0 N–H and O–H groups in total. The van der Waals surface area contributed by atoms with E-state index in [2.05, 4.69) is 4.85 Å². The minimum Gasteiger partial charge on any atom is -0.456 e. The van der Waals surface area contributed by atoms with E-state index in [0.29, 0.717) is 16.8 Å². The van der Waals surface area contributed by atoms with Gasteiger partial charge < -0.3 is 4.42 Å². The van der Waals surface area contributed by atoms with Crippen molar-refractivity contribution in [2.75, 3.05) is 0 Å². The standard InChI is InChI=1S/C23H20FN2O/c1-13(2)18-12-26(5)20(11-19(18)24)22-14(3)6-8-17-16-9-7-15(25-4)10-21(16)27-23(17)22/h6-13H,1-3,5H3/q+1. The quantitative estimate of drug-likeness (QED) is 0.308. The van der Waals surface area contributed by atoms with Gasteiger partial charge in [0.05, 0.1) is 17.7 Å². The monoisotopic (exact) mass is 359 g/mol. The minimum absolute atomic E-state index is 0.111. The Morgan fingerprint density at radius 2 is 1.85 bits per heavy atom. The molecule has 0 fully saturated rings. The normalized spacial score (nSPS) is 11.4. The predicted octanol–water partition coefficient (Wildman–Crippen LogP) is 6.20. The van der Waals surface area contributed by atoms with E-state index in [-0.39, 0.29) is 11.7 Å². The molecule has 4 heteroatoms. The van der Waals surface area contributed by atoms with Crippen LogP contribution in [-0.2, 0) is 7.05 Å². The SMILES string of the molecule is [C-]#[N+]c1ccc2c(c1)oc1c(-c3cc(F)c(C(C)C)c[n+]3C)c(C)ccc12.